The number of aromatic nitrogens is 5. The van der Waals surface area contributed by atoms with Gasteiger partial charge in [-0.1, -0.05) is 12.5 Å². The predicted octanol–water partition coefficient (Wildman–Crippen LogP) is 5.67. The molecular formula is C23H25FN6S. The number of thiazole rings is 1. The summed E-state index contributed by atoms with van der Waals surface area (Å²) in [5, 5.41) is 11.1. The lowest BCUT2D eigenvalue weighted by atomic mass is 10.1. The molecule has 6 nitrogen and oxygen atoms in total. The van der Waals surface area contributed by atoms with Crippen LogP contribution < -0.4 is 5.32 Å². The van der Waals surface area contributed by atoms with E-state index in [1.165, 1.54) is 47.9 Å². The van der Waals surface area contributed by atoms with Gasteiger partial charge in [-0.15, -0.1) is 11.3 Å². The summed E-state index contributed by atoms with van der Waals surface area (Å²) in [4.78, 5) is 8.91. The minimum absolute atomic E-state index is 0.299. The van der Waals surface area contributed by atoms with Crippen molar-refractivity contribution in [2.24, 2.45) is 0 Å². The van der Waals surface area contributed by atoms with Crippen LogP contribution in [0.15, 0.2) is 36.1 Å². The Bertz CT molecular complexity index is 1220. The summed E-state index contributed by atoms with van der Waals surface area (Å²) in [5.41, 5.74) is 5.38. The molecule has 160 valence electrons. The number of benzene rings is 1. The van der Waals surface area contributed by atoms with Gasteiger partial charge in [0.05, 0.1) is 29.1 Å². The molecule has 3 heterocycles. The average Bonchev–Trinajstić information content (AvgIpc) is 3.44. The number of nitrogens with one attached hydrogen (secondary N) is 1. The first-order chi connectivity index (χ1) is 15.1. The molecule has 8 heteroatoms. The van der Waals surface area contributed by atoms with Gasteiger partial charge in [-0.3, -0.25) is 0 Å². The van der Waals surface area contributed by atoms with Crippen LogP contribution in [0.5, 0.6) is 0 Å². The van der Waals surface area contributed by atoms with Gasteiger partial charge in [-0.05, 0) is 51.7 Å². The molecule has 0 radical (unpaired) electrons. The number of anilines is 2. The Hall–Kier alpha value is -3.00. The predicted molar refractivity (Wildman–Crippen MR) is 122 cm³/mol. The number of hydrogen-bond donors (Lipinski definition) is 1. The fourth-order valence-corrected chi connectivity index (χ4v) is 4.86. The van der Waals surface area contributed by atoms with Crippen LogP contribution in [0.2, 0.25) is 0 Å². The quantitative estimate of drug-likeness (QED) is 0.409. The summed E-state index contributed by atoms with van der Waals surface area (Å²) in [6.07, 6.45) is 9.18. The van der Waals surface area contributed by atoms with Crippen molar-refractivity contribution in [3.8, 4) is 16.9 Å². The molecule has 0 saturated heterocycles. The third-order valence-corrected chi connectivity index (χ3v) is 6.49. The van der Waals surface area contributed by atoms with Gasteiger partial charge >= 0.3 is 0 Å². The van der Waals surface area contributed by atoms with E-state index in [0.29, 0.717) is 5.69 Å². The lowest BCUT2D eigenvalue weighted by Gasteiger charge is -2.08. The van der Waals surface area contributed by atoms with Gasteiger partial charge in [-0.2, -0.15) is 5.10 Å². The Morgan fingerprint density at radius 1 is 1.19 bits per heavy atom. The molecular weight excluding hydrogens is 411 g/mol. The number of imidazole rings is 1. The van der Waals surface area contributed by atoms with Crippen molar-refractivity contribution in [2.45, 2.75) is 52.5 Å². The molecule has 1 N–H and O–H groups in total. The van der Waals surface area contributed by atoms with Crippen molar-refractivity contribution in [2.75, 3.05) is 5.32 Å². The van der Waals surface area contributed by atoms with Crippen LogP contribution in [-0.2, 0) is 19.4 Å². The van der Waals surface area contributed by atoms with Crippen LogP contribution >= 0.6 is 11.3 Å². The maximum absolute atomic E-state index is 14.8. The van der Waals surface area contributed by atoms with Crippen molar-refractivity contribution < 1.29 is 4.39 Å². The highest BCUT2D eigenvalue weighted by Gasteiger charge is 2.20. The number of halogens is 1. The van der Waals surface area contributed by atoms with E-state index in [2.05, 4.69) is 17.2 Å². The molecule has 0 bridgehead atoms. The largest absolute Gasteiger partial charge is 0.316 e. The number of fused-ring (bicyclic) bond motifs is 1. The molecule has 0 spiro atoms. The maximum Gasteiger partial charge on any atom is 0.188 e. The van der Waals surface area contributed by atoms with Crippen LogP contribution in [0.1, 0.15) is 43.1 Å². The van der Waals surface area contributed by atoms with E-state index in [4.69, 9.17) is 10.1 Å². The Morgan fingerprint density at radius 2 is 2.06 bits per heavy atom. The molecule has 31 heavy (non-hydrogen) atoms. The van der Waals surface area contributed by atoms with Crippen molar-refractivity contribution >= 4 is 22.3 Å². The first-order valence-electron chi connectivity index (χ1n) is 10.7. The maximum atomic E-state index is 14.8. The Morgan fingerprint density at radius 3 is 2.84 bits per heavy atom. The van der Waals surface area contributed by atoms with Gasteiger partial charge in [0, 0.05) is 29.2 Å². The SMILES string of the molecule is CCn1nc2c(c1Nc1nc(-c3ccc(-n4cnc(C)c4)c(F)c3)cs1)CCCCC2. The van der Waals surface area contributed by atoms with E-state index in [1.54, 1.807) is 17.0 Å². The van der Waals surface area contributed by atoms with E-state index in [9.17, 15) is 4.39 Å². The second kappa shape index (κ2) is 8.26. The second-order valence-corrected chi connectivity index (χ2v) is 8.76. The molecule has 1 aromatic carbocycles. The summed E-state index contributed by atoms with van der Waals surface area (Å²) in [5.74, 6) is 0.754. The van der Waals surface area contributed by atoms with Gasteiger partial charge in [0.15, 0.2) is 5.13 Å². The molecule has 5 rings (SSSR count). The first-order valence-corrected chi connectivity index (χ1v) is 11.6. The number of rotatable bonds is 5. The first kappa shape index (κ1) is 19.9. The highest BCUT2D eigenvalue weighted by Crippen LogP contribution is 2.33. The highest BCUT2D eigenvalue weighted by atomic mass is 32.1. The summed E-state index contributed by atoms with van der Waals surface area (Å²) < 4.78 is 18.5. The Kier molecular flexibility index (Phi) is 5.31. The second-order valence-electron chi connectivity index (χ2n) is 7.90. The summed E-state index contributed by atoms with van der Waals surface area (Å²) >= 11 is 1.53. The van der Waals surface area contributed by atoms with E-state index < -0.39 is 0 Å². The molecule has 1 aliphatic carbocycles. The molecule has 1 aliphatic rings. The van der Waals surface area contributed by atoms with Crippen molar-refractivity contribution in [3.05, 3.63) is 58.9 Å². The number of nitrogens with zero attached hydrogens (tertiary/aromatic N) is 5. The van der Waals surface area contributed by atoms with Crippen LogP contribution in [0.25, 0.3) is 16.9 Å². The topological polar surface area (TPSA) is 60.6 Å². The standard InChI is InChI=1S/C23H25FN6S/c1-3-30-22(17-7-5-4-6-8-19(17)28-30)27-23-26-20(13-31-23)16-9-10-21(18(24)11-16)29-12-15(2)25-14-29/h9-14H,3-8H2,1-2H3,(H,26,27). The number of aryl methyl sites for hydroxylation is 3. The van der Waals surface area contributed by atoms with E-state index in [0.717, 1.165) is 47.3 Å². The average molecular weight is 437 g/mol. The van der Waals surface area contributed by atoms with Crippen LogP contribution in [0.3, 0.4) is 0 Å². The summed E-state index contributed by atoms with van der Waals surface area (Å²) in [6.45, 7) is 4.81. The highest BCUT2D eigenvalue weighted by molar-refractivity contribution is 7.14. The van der Waals surface area contributed by atoms with E-state index in [-0.39, 0.29) is 5.82 Å². The molecule has 3 aromatic heterocycles. The van der Waals surface area contributed by atoms with Crippen LogP contribution in [0.4, 0.5) is 15.3 Å². The molecule has 0 amide bonds. The summed E-state index contributed by atoms with van der Waals surface area (Å²) in [6, 6.07) is 5.20. The fourth-order valence-electron chi connectivity index (χ4n) is 4.15. The van der Waals surface area contributed by atoms with Gasteiger partial charge in [0.1, 0.15) is 11.6 Å². The summed E-state index contributed by atoms with van der Waals surface area (Å²) in [7, 11) is 0. The molecule has 0 unspecified atom stereocenters. The number of hydrogen-bond acceptors (Lipinski definition) is 5. The molecule has 4 aromatic rings. The normalized spacial score (nSPS) is 13.8. The molecule has 0 fully saturated rings. The molecule has 0 aliphatic heterocycles. The third kappa shape index (κ3) is 3.87. The minimum Gasteiger partial charge on any atom is -0.316 e. The van der Waals surface area contributed by atoms with Gasteiger partial charge in [0.25, 0.3) is 0 Å². The van der Waals surface area contributed by atoms with Gasteiger partial charge in [0.2, 0.25) is 0 Å². The van der Waals surface area contributed by atoms with E-state index in [1.807, 2.05) is 29.2 Å². The smallest absolute Gasteiger partial charge is 0.188 e. The lowest BCUT2D eigenvalue weighted by molar-refractivity contribution is 0.618. The van der Waals surface area contributed by atoms with Crippen molar-refractivity contribution in [1.29, 1.82) is 0 Å². The third-order valence-electron chi connectivity index (χ3n) is 5.74. The van der Waals surface area contributed by atoms with Crippen molar-refractivity contribution in [3.63, 3.8) is 0 Å². The Balaban J connectivity index is 1.41. The molecule has 0 saturated carbocycles. The van der Waals surface area contributed by atoms with Crippen LogP contribution in [-0.4, -0.2) is 24.3 Å². The lowest BCUT2D eigenvalue weighted by Crippen LogP contribution is -2.04. The van der Waals surface area contributed by atoms with Crippen LogP contribution in [0, 0.1) is 12.7 Å². The van der Waals surface area contributed by atoms with E-state index >= 15 is 0 Å². The Labute approximate surface area is 184 Å². The van der Waals surface area contributed by atoms with Gasteiger partial charge in [-0.25, -0.2) is 19.0 Å². The zero-order chi connectivity index (χ0) is 21.4. The van der Waals surface area contributed by atoms with Crippen molar-refractivity contribution in [1.82, 2.24) is 24.3 Å². The monoisotopic (exact) mass is 436 g/mol. The minimum atomic E-state index is -0.299. The molecule has 0 atom stereocenters. The zero-order valence-electron chi connectivity index (χ0n) is 17.7. The zero-order valence-corrected chi connectivity index (χ0v) is 18.5. The van der Waals surface area contributed by atoms with Gasteiger partial charge < -0.3 is 9.88 Å². The fraction of sp³-hybridized carbons (Fsp3) is 0.348.